The number of rotatable bonds is 10. The van der Waals surface area contributed by atoms with E-state index in [9.17, 15) is 9.59 Å². The molecule has 0 aliphatic heterocycles. The van der Waals surface area contributed by atoms with E-state index in [1.165, 1.54) is 11.1 Å². The quantitative estimate of drug-likeness (QED) is 0.280. The first-order valence-electron chi connectivity index (χ1n) is 11.9. The Balaban J connectivity index is 1.34. The van der Waals surface area contributed by atoms with Gasteiger partial charge in [0.2, 0.25) is 11.8 Å². The monoisotopic (exact) mass is 450 g/mol. The van der Waals surface area contributed by atoms with Gasteiger partial charge in [-0.15, -0.1) is 0 Å². The summed E-state index contributed by atoms with van der Waals surface area (Å²) in [5, 5.41) is 7.94. The molecule has 0 aliphatic rings. The van der Waals surface area contributed by atoms with Crippen molar-refractivity contribution < 1.29 is 9.59 Å². The summed E-state index contributed by atoms with van der Waals surface area (Å²) in [5.41, 5.74) is 4.01. The van der Waals surface area contributed by atoms with Gasteiger partial charge in [-0.25, -0.2) is 0 Å². The van der Waals surface area contributed by atoms with Crippen LogP contribution in [0.5, 0.6) is 0 Å². The van der Waals surface area contributed by atoms with E-state index in [-0.39, 0.29) is 11.8 Å². The topological polar surface area (TPSA) is 58.2 Å². The van der Waals surface area contributed by atoms with E-state index in [1.807, 2.05) is 72.8 Å². The van der Waals surface area contributed by atoms with Crippen LogP contribution in [0.2, 0.25) is 0 Å². The second kappa shape index (κ2) is 11.8. The van der Waals surface area contributed by atoms with Crippen molar-refractivity contribution >= 4 is 34.0 Å². The predicted octanol–water partition coefficient (Wildman–Crippen LogP) is 6.76. The lowest BCUT2D eigenvalue weighted by molar-refractivity contribution is -0.117. The summed E-state index contributed by atoms with van der Waals surface area (Å²) >= 11 is 0. The lowest BCUT2D eigenvalue weighted by Crippen LogP contribution is -2.13. The summed E-state index contributed by atoms with van der Waals surface area (Å²) in [7, 11) is 0. The van der Waals surface area contributed by atoms with E-state index in [0.29, 0.717) is 12.8 Å². The van der Waals surface area contributed by atoms with Gasteiger partial charge < -0.3 is 10.6 Å². The molecular weight excluding hydrogens is 420 g/mol. The molecule has 4 heteroatoms. The third kappa shape index (κ3) is 6.55. The minimum Gasteiger partial charge on any atom is -0.326 e. The third-order valence-corrected chi connectivity index (χ3v) is 5.89. The smallest absolute Gasteiger partial charge is 0.224 e. The van der Waals surface area contributed by atoms with Gasteiger partial charge in [0.15, 0.2) is 0 Å². The highest BCUT2D eigenvalue weighted by molar-refractivity contribution is 6.08. The number of amides is 2. The SMILES string of the molecule is O=C(CCCc1ccccc1)Nc1cccc2c(NC(=O)CCCc3ccccc3)cccc12. The van der Waals surface area contributed by atoms with E-state index in [2.05, 4.69) is 34.9 Å². The molecule has 0 bridgehead atoms. The molecule has 0 aliphatic carbocycles. The highest BCUT2D eigenvalue weighted by Gasteiger charge is 2.10. The molecule has 0 fully saturated rings. The Morgan fingerprint density at radius 2 is 0.912 bits per heavy atom. The Bertz CT molecular complexity index is 1140. The third-order valence-electron chi connectivity index (χ3n) is 5.89. The van der Waals surface area contributed by atoms with Gasteiger partial charge in [0.1, 0.15) is 0 Å². The number of nitrogens with one attached hydrogen (secondary N) is 2. The zero-order chi connectivity index (χ0) is 23.6. The standard InChI is InChI=1S/C30H30N2O2/c33-29(21-7-15-23-11-3-1-4-12-23)31-27-19-9-18-26-25(27)17-10-20-28(26)32-30(34)22-8-16-24-13-5-2-6-14-24/h1-6,9-14,17-20H,7-8,15-16,21-22H2,(H,31,33)(H,32,34). The summed E-state index contributed by atoms with van der Waals surface area (Å²) in [5.74, 6) is -0.00226. The number of carbonyl (C=O) groups is 2. The average Bonchev–Trinajstić information content (AvgIpc) is 2.86. The fourth-order valence-electron chi connectivity index (χ4n) is 4.15. The van der Waals surface area contributed by atoms with Crippen molar-refractivity contribution in [2.45, 2.75) is 38.5 Å². The van der Waals surface area contributed by atoms with E-state index in [1.54, 1.807) is 0 Å². The number of hydrogen-bond donors (Lipinski definition) is 2. The van der Waals surface area contributed by atoms with Crippen LogP contribution in [0.1, 0.15) is 36.8 Å². The molecule has 2 N–H and O–H groups in total. The molecule has 4 nitrogen and oxygen atoms in total. The van der Waals surface area contributed by atoms with Crippen LogP contribution in [0.4, 0.5) is 11.4 Å². The Labute approximate surface area is 201 Å². The van der Waals surface area contributed by atoms with Crippen LogP contribution in [-0.4, -0.2) is 11.8 Å². The molecular formula is C30H30N2O2. The number of carbonyl (C=O) groups excluding carboxylic acids is 2. The minimum atomic E-state index is -0.00113. The second-order valence-corrected chi connectivity index (χ2v) is 8.48. The highest BCUT2D eigenvalue weighted by Crippen LogP contribution is 2.29. The molecule has 4 aromatic rings. The van der Waals surface area contributed by atoms with Crippen molar-refractivity contribution in [3.63, 3.8) is 0 Å². The van der Waals surface area contributed by atoms with Crippen LogP contribution in [0.3, 0.4) is 0 Å². The number of anilines is 2. The Morgan fingerprint density at radius 1 is 0.500 bits per heavy atom. The van der Waals surface area contributed by atoms with Gasteiger partial charge in [-0.1, -0.05) is 84.9 Å². The maximum Gasteiger partial charge on any atom is 0.224 e. The molecule has 34 heavy (non-hydrogen) atoms. The number of benzene rings is 4. The summed E-state index contributed by atoms with van der Waals surface area (Å²) in [6, 6.07) is 32.0. The van der Waals surface area contributed by atoms with Gasteiger partial charge in [-0.05, 0) is 48.9 Å². The first-order chi connectivity index (χ1) is 16.7. The van der Waals surface area contributed by atoms with Crippen LogP contribution in [0, 0.1) is 0 Å². The summed E-state index contributed by atoms with van der Waals surface area (Å²) in [6.07, 6.45) is 4.27. The van der Waals surface area contributed by atoms with Gasteiger partial charge in [0.25, 0.3) is 0 Å². The van der Waals surface area contributed by atoms with Crippen molar-refractivity contribution in [3.05, 3.63) is 108 Å². The summed E-state index contributed by atoms with van der Waals surface area (Å²) in [4.78, 5) is 25.1. The largest absolute Gasteiger partial charge is 0.326 e. The molecule has 0 saturated carbocycles. The van der Waals surface area contributed by atoms with E-state index in [0.717, 1.165) is 47.8 Å². The molecule has 2 amide bonds. The molecule has 0 unspecified atom stereocenters. The fraction of sp³-hybridized carbons (Fsp3) is 0.200. The Kier molecular flexibility index (Phi) is 8.07. The van der Waals surface area contributed by atoms with Crippen LogP contribution < -0.4 is 10.6 Å². The van der Waals surface area contributed by atoms with E-state index >= 15 is 0 Å². The zero-order valence-electron chi connectivity index (χ0n) is 19.3. The van der Waals surface area contributed by atoms with Gasteiger partial charge in [0.05, 0.1) is 0 Å². The maximum atomic E-state index is 12.6. The summed E-state index contributed by atoms with van der Waals surface area (Å²) in [6.45, 7) is 0. The van der Waals surface area contributed by atoms with Crippen LogP contribution in [0.15, 0.2) is 97.1 Å². The fourth-order valence-corrected chi connectivity index (χ4v) is 4.15. The average molecular weight is 451 g/mol. The van der Waals surface area contributed by atoms with Crippen molar-refractivity contribution in [1.29, 1.82) is 0 Å². The molecule has 0 spiro atoms. The Morgan fingerprint density at radius 3 is 1.32 bits per heavy atom. The molecule has 0 radical (unpaired) electrons. The van der Waals surface area contributed by atoms with E-state index < -0.39 is 0 Å². The second-order valence-electron chi connectivity index (χ2n) is 8.48. The van der Waals surface area contributed by atoms with Crippen molar-refractivity contribution in [3.8, 4) is 0 Å². The molecule has 0 atom stereocenters. The maximum absolute atomic E-state index is 12.6. The molecule has 172 valence electrons. The predicted molar refractivity (Wildman–Crippen MR) is 140 cm³/mol. The minimum absolute atomic E-state index is 0.00113. The summed E-state index contributed by atoms with van der Waals surface area (Å²) < 4.78 is 0. The Hall–Kier alpha value is -3.92. The van der Waals surface area contributed by atoms with Gasteiger partial charge in [-0.3, -0.25) is 9.59 Å². The highest BCUT2D eigenvalue weighted by atomic mass is 16.2. The van der Waals surface area contributed by atoms with Crippen LogP contribution in [0.25, 0.3) is 10.8 Å². The molecule has 4 rings (SSSR count). The normalized spacial score (nSPS) is 10.7. The number of fused-ring (bicyclic) bond motifs is 1. The van der Waals surface area contributed by atoms with Crippen molar-refractivity contribution in [2.75, 3.05) is 10.6 Å². The number of hydrogen-bond acceptors (Lipinski definition) is 2. The van der Waals surface area contributed by atoms with Crippen molar-refractivity contribution in [1.82, 2.24) is 0 Å². The zero-order valence-corrected chi connectivity index (χ0v) is 19.3. The lowest BCUT2D eigenvalue weighted by atomic mass is 10.1. The first kappa shape index (κ1) is 23.2. The number of aryl methyl sites for hydroxylation is 2. The van der Waals surface area contributed by atoms with Crippen LogP contribution in [-0.2, 0) is 22.4 Å². The van der Waals surface area contributed by atoms with Crippen molar-refractivity contribution in [2.24, 2.45) is 0 Å². The molecule has 4 aromatic carbocycles. The molecule has 0 saturated heterocycles. The molecule has 0 aromatic heterocycles. The van der Waals surface area contributed by atoms with E-state index in [4.69, 9.17) is 0 Å². The van der Waals surface area contributed by atoms with Gasteiger partial charge >= 0.3 is 0 Å². The molecule has 0 heterocycles. The van der Waals surface area contributed by atoms with Crippen LogP contribution >= 0.6 is 0 Å². The lowest BCUT2D eigenvalue weighted by Gasteiger charge is -2.13. The van der Waals surface area contributed by atoms with Gasteiger partial charge in [0, 0.05) is 35.0 Å². The van der Waals surface area contributed by atoms with Gasteiger partial charge in [-0.2, -0.15) is 0 Å². The first-order valence-corrected chi connectivity index (χ1v) is 11.9.